The van der Waals surface area contributed by atoms with Gasteiger partial charge in [0, 0.05) is 11.8 Å². The summed E-state index contributed by atoms with van der Waals surface area (Å²) in [5, 5.41) is 7.49. The van der Waals surface area contributed by atoms with E-state index in [1.807, 2.05) is 0 Å². The number of fused-ring (bicyclic) bond motifs is 2. The monoisotopic (exact) mass is 386 g/mol. The summed E-state index contributed by atoms with van der Waals surface area (Å²) in [6, 6.07) is 7.37. The summed E-state index contributed by atoms with van der Waals surface area (Å²) in [5.74, 6) is 0.338. The van der Waals surface area contributed by atoms with E-state index in [4.69, 9.17) is 11.1 Å². The first-order chi connectivity index (χ1) is 12.7. The smallest absolute Gasteiger partial charge is 0.177 e. The van der Waals surface area contributed by atoms with Gasteiger partial charge in [-0.15, -0.1) is 0 Å². The molecule has 0 saturated heterocycles. The third-order valence-corrected chi connectivity index (χ3v) is 5.25. The van der Waals surface area contributed by atoms with E-state index < -0.39 is 15.7 Å². The number of hydrogen-bond acceptors (Lipinski definition) is 5. The van der Waals surface area contributed by atoms with Crippen molar-refractivity contribution in [2.45, 2.75) is 11.3 Å². The molecule has 8 nitrogen and oxygen atoms in total. The van der Waals surface area contributed by atoms with Crippen LogP contribution in [0.25, 0.3) is 22.1 Å². The number of nitrogens with zero attached hydrogens (tertiary/aromatic N) is 2. The molecule has 0 bridgehead atoms. The summed E-state index contributed by atoms with van der Waals surface area (Å²) < 4.78 is 37.6. The predicted molar refractivity (Wildman–Crippen MR) is 99.1 cm³/mol. The molecule has 2 aromatic carbocycles. The highest BCUT2D eigenvalue weighted by molar-refractivity contribution is 7.91. The fourth-order valence-corrected chi connectivity index (χ4v) is 3.77. The highest BCUT2D eigenvalue weighted by Crippen LogP contribution is 2.24. The minimum Gasteiger partial charge on any atom is -0.384 e. The molecule has 0 fully saturated rings. The number of sulfone groups is 1. The number of nitrogen functional groups attached to an aromatic ring is 1. The van der Waals surface area contributed by atoms with Crippen molar-refractivity contribution < 1.29 is 12.8 Å². The Kier molecular flexibility index (Phi) is 3.74. The van der Waals surface area contributed by atoms with Crippen molar-refractivity contribution in [2.24, 2.45) is 5.73 Å². The molecule has 5 N–H and O–H groups in total. The number of rotatable bonds is 4. The van der Waals surface area contributed by atoms with E-state index in [9.17, 15) is 12.8 Å². The van der Waals surface area contributed by atoms with E-state index in [0.717, 1.165) is 17.8 Å². The molecule has 0 unspecified atom stereocenters. The number of amidine groups is 1. The molecule has 4 rings (SSSR count). The zero-order valence-electron chi connectivity index (χ0n) is 14.2. The SMILES string of the molecule is CS(=O)(=O)c1cc(F)cc2[nH]c(Cc3nc4cc(C(=N)N)ccc4[nH]3)nc12. The predicted octanol–water partition coefficient (Wildman–Crippen LogP) is 1.86. The van der Waals surface area contributed by atoms with E-state index in [1.54, 1.807) is 18.2 Å². The Morgan fingerprint density at radius 1 is 1.15 bits per heavy atom. The number of aromatic nitrogens is 4. The van der Waals surface area contributed by atoms with Crippen molar-refractivity contribution >= 4 is 37.7 Å². The van der Waals surface area contributed by atoms with Crippen LogP contribution >= 0.6 is 0 Å². The second-order valence-electron chi connectivity index (χ2n) is 6.26. The minimum atomic E-state index is -3.62. The van der Waals surface area contributed by atoms with Crippen LogP contribution < -0.4 is 5.73 Å². The van der Waals surface area contributed by atoms with Crippen molar-refractivity contribution in [3.05, 3.63) is 53.4 Å². The van der Waals surface area contributed by atoms with Crippen LogP contribution in [0.2, 0.25) is 0 Å². The molecule has 0 saturated carbocycles. The van der Waals surface area contributed by atoms with E-state index in [0.29, 0.717) is 28.2 Å². The van der Waals surface area contributed by atoms with Gasteiger partial charge in [0.25, 0.3) is 0 Å². The molecule has 2 aromatic heterocycles. The molecule has 27 heavy (non-hydrogen) atoms. The van der Waals surface area contributed by atoms with Gasteiger partial charge in [-0.1, -0.05) is 0 Å². The van der Waals surface area contributed by atoms with Gasteiger partial charge in [0.1, 0.15) is 28.8 Å². The summed E-state index contributed by atoms with van der Waals surface area (Å²) in [4.78, 5) is 14.7. The molecule has 0 aliphatic heterocycles. The molecule has 10 heteroatoms. The van der Waals surface area contributed by atoms with E-state index in [1.165, 1.54) is 6.07 Å². The van der Waals surface area contributed by atoms with Crippen LogP contribution in [0.1, 0.15) is 17.2 Å². The lowest BCUT2D eigenvalue weighted by Gasteiger charge is -1.99. The number of H-pyrrole nitrogens is 2. The third-order valence-electron chi connectivity index (χ3n) is 4.14. The maximum atomic E-state index is 13.7. The number of nitrogens with two attached hydrogens (primary N) is 1. The molecule has 0 amide bonds. The lowest BCUT2D eigenvalue weighted by molar-refractivity contribution is 0.597. The Labute approximate surface area is 153 Å². The molecule has 0 aliphatic carbocycles. The zero-order chi connectivity index (χ0) is 19.3. The second kappa shape index (κ2) is 5.88. The van der Waals surface area contributed by atoms with E-state index >= 15 is 0 Å². The van der Waals surface area contributed by atoms with Crippen molar-refractivity contribution in [1.29, 1.82) is 5.41 Å². The maximum Gasteiger partial charge on any atom is 0.177 e. The van der Waals surface area contributed by atoms with Crippen LogP contribution in [0.3, 0.4) is 0 Å². The average Bonchev–Trinajstić information content (AvgIpc) is 3.14. The summed E-state index contributed by atoms with van der Waals surface area (Å²) in [7, 11) is -3.62. The summed E-state index contributed by atoms with van der Waals surface area (Å²) in [5.41, 5.74) is 7.98. The Morgan fingerprint density at radius 2 is 1.85 bits per heavy atom. The Bertz CT molecular complexity index is 1320. The van der Waals surface area contributed by atoms with Crippen LogP contribution in [0, 0.1) is 11.2 Å². The standard InChI is InChI=1S/C17H15FN6O2S/c1-27(25,26)13-6-9(18)5-12-16(13)24-15(23-12)7-14-21-10-3-2-8(17(19)20)4-11(10)22-14/h2-6H,7H2,1H3,(H3,19,20)(H,21,22)(H,23,24). The molecule has 138 valence electrons. The average molecular weight is 386 g/mol. The van der Waals surface area contributed by atoms with Gasteiger partial charge < -0.3 is 15.7 Å². The first-order valence-electron chi connectivity index (χ1n) is 7.92. The van der Waals surface area contributed by atoms with Crippen LogP contribution in [-0.4, -0.2) is 40.4 Å². The fraction of sp³-hybridized carbons (Fsp3) is 0.118. The largest absolute Gasteiger partial charge is 0.384 e. The lowest BCUT2D eigenvalue weighted by Crippen LogP contribution is -2.10. The van der Waals surface area contributed by atoms with Gasteiger partial charge in [-0.05, 0) is 30.3 Å². The lowest BCUT2D eigenvalue weighted by atomic mass is 10.2. The number of benzene rings is 2. The minimum absolute atomic E-state index is 0.0472. The number of hydrogen-bond donors (Lipinski definition) is 4. The van der Waals surface area contributed by atoms with Gasteiger partial charge in [-0.3, -0.25) is 5.41 Å². The van der Waals surface area contributed by atoms with Crippen LogP contribution in [0.5, 0.6) is 0 Å². The van der Waals surface area contributed by atoms with Gasteiger partial charge in [0.2, 0.25) is 0 Å². The molecule has 2 heterocycles. The molecular weight excluding hydrogens is 371 g/mol. The molecule has 4 aromatic rings. The number of imidazole rings is 2. The van der Waals surface area contributed by atoms with Gasteiger partial charge in [0.05, 0.1) is 27.9 Å². The zero-order valence-corrected chi connectivity index (χ0v) is 15.0. The Hall–Kier alpha value is -3.27. The van der Waals surface area contributed by atoms with Crippen LogP contribution in [0.15, 0.2) is 35.2 Å². The first-order valence-corrected chi connectivity index (χ1v) is 9.81. The van der Waals surface area contributed by atoms with Gasteiger partial charge in [-0.2, -0.15) is 0 Å². The van der Waals surface area contributed by atoms with Gasteiger partial charge in [0.15, 0.2) is 9.84 Å². The number of aromatic amines is 2. The molecule has 0 spiro atoms. The van der Waals surface area contributed by atoms with E-state index in [-0.39, 0.29) is 22.7 Å². The van der Waals surface area contributed by atoms with Crippen molar-refractivity contribution in [3.8, 4) is 0 Å². The topological polar surface area (TPSA) is 141 Å². The normalized spacial score (nSPS) is 12.1. The quantitative estimate of drug-likeness (QED) is 0.313. The fourth-order valence-electron chi connectivity index (χ4n) is 2.94. The molecule has 0 radical (unpaired) electrons. The van der Waals surface area contributed by atoms with Crippen molar-refractivity contribution in [1.82, 2.24) is 19.9 Å². The molecular formula is C17H15FN6O2S. The third kappa shape index (κ3) is 3.14. The summed E-state index contributed by atoms with van der Waals surface area (Å²) in [6.07, 6.45) is 1.28. The van der Waals surface area contributed by atoms with Crippen molar-refractivity contribution in [2.75, 3.05) is 6.26 Å². The van der Waals surface area contributed by atoms with Crippen molar-refractivity contribution in [3.63, 3.8) is 0 Å². The number of nitrogens with one attached hydrogen (secondary N) is 3. The molecule has 0 atom stereocenters. The van der Waals surface area contributed by atoms with Gasteiger partial charge in [-0.25, -0.2) is 22.8 Å². The summed E-state index contributed by atoms with van der Waals surface area (Å²) in [6.45, 7) is 0. The number of halogens is 1. The maximum absolute atomic E-state index is 13.7. The highest BCUT2D eigenvalue weighted by Gasteiger charge is 2.18. The molecule has 0 aliphatic rings. The first kappa shape index (κ1) is 17.2. The Morgan fingerprint density at radius 3 is 2.56 bits per heavy atom. The van der Waals surface area contributed by atoms with Crippen LogP contribution in [0.4, 0.5) is 4.39 Å². The summed E-state index contributed by atoms with van der Waals surface area (Å²) >= 11 is 0. The second-order valence-corrected chi connectivity index (χ2v) is 8.25. The van der Waals surface area contributed by atoms with Gasteiger partial charge >= 0.3 is 0 Å². The highest BCUT2D eigenvalue weighted by atomic mass is 32.2. The van der Waals surface area contributed by atoms with Crippen LogP contribution in [-0.2, 0) is 16.3 Å². The van der Waals surface area contributed by atoms with E-state index in [2.05, 4.69) is 19.9 Å². The Balaban J connectivity index is 1.75.